The highest BCUT2D eigenvalue weighted by atomic mass is 16.9. The van der Waals surface area contributed by atoms with Crippen LogP contribution in [0.3, 0.4) is 0 Å². The molecule has 0 aromatic heterocycles. The second-order valence-electron chi connectivity index (χ2n) is 9.72. The maximum Gasteiger partial charge on any atom is 0.282 e. The summed E-state index contributed by atoms with van der Waals surface area (Å²) < 4.78 is 18.5. The molecule has 0 N–H and O–H groups in total. The molecule has 0 bridgehead atoms. The molecular formula is C24H38O3. The average molecular weight is 375 g/mol. The largest absolute Gasteiger partial charge is 0.327 e. The van der Waals surface area contributed by atoms with Gasteiger partial charge in [0, 0.05) is 12.3 Å². The van der Waals surface area contributed by atoms with Crippen LogP contribution < -0.4 is 0 Å². The fraction of sp³-hybridized carbons (Fsp3) is 0.833. The van der Waals surface area contributed by atoms with E-state index >= 15 is 0 Å². The minimum Gasteiger partial charge on any atom is -0.327 e. The van der Waals surface area contributed by atoms with Gasteiger partial charge in [0.1, 0.15) is 0 Å². The van der Waals surface area contributed by atoms with Crippen LogP contribution in [0.1, 0.15) is 65.2 Å². The van der Waals surface area contributed by atoms with Crippen molar-refractivity contribution < 1.29 is 14.2 Å². The van der Waals surface area contributed by atoms with E-state index in [1.807, 2.05) is 0 Å². The molecule has 0 amide bonds. The second kappa shape index (κ2) is 8.80. The molecule has 152 valence electrons. The maximum absolute atomic E-state index is 6.18. The van der Waals surface area contributed by atoms with Crippen LogP contribution >= 0.6 is 0 Å². The van der Waals surface area contributed by atoms with Crippen LogP contribution in [-0.4, -0.2) is 25.8 Å². The third-order valence-corrected chi connectivity index (χ3v) is 7.58. The maximum atomic E-state index is 6.18. The molecule has 5 unspecified atom stereocenters. The van der Waals surface area contributed by atoms with Crippen LogP contribution in [0.15, 0.2) is 24.3 Å². The second-order valence-corrected chi connectivity index (χ2v) is 9.72. The SMILES string of the molecule is CC1CC=CCC1CC1CCC2(OC1)OCC(CC1CC=CCC1C)CO2. The van der Waals surface area contributed by atoms with Gasteiger partial charge in [0.25, 0.3) is 5.97 Å². The van der Waals surface area contributed by atoms with Crippen molar-refractivity contribution in [1.29, 1.82) is 0 Å². The van der Waals surface area contributed by atoms with Gasteiger partial charge in [0.2, 0.25) is 0 Å². The normalized spacial score (nSPS) is 45.3. The number of rotatable bonds is 4. The Kier molecular flexibility index (Phi) is 6.41. The molecule has 2 aliphatic carbocycles. The van der Waals surface area contributed by atoms with Crippen molar-refractivity contribution in [2.45, 2.75) is 71.2 Å². The van der Waals surface area contributed by atoms with E-state index < -0.39 is 5.97 Å². The zero-order valence-electron chi connectivity index (χ0n) is 17.3. The van der Waals surface area contributed by atoms with Gasteiger partial charge in [-0.1, -0.05) is 38.2 Å². The van der Waals surface area contributed by atoms with E-state index in [0.29, 0.717) is 11.8 Å². The predicted molar refractivity (Wildman–Crippen MR) is 108 cm³/mol. The highest BCUT2D eigenvalue weighted by molar-refractivity contribution is 4.95. The molecule has 3 heteroatoms. The van der Waals surface area contributed by atoms with E-state index in [2.05, 4.69) is 38.2 Å². The molecule has 3 nitrogen and oxygen atoms in total. The van der Waals surface area contributed by atoms with Crippen LogP contribution in [0.2, 0.25) is 0 Å². The van der Waals surface area contributed by atoms with Crippen molar-refractivity contribution in [1.82, 2.24) is 0 Å². The topological polar surface area (TPSA) is 27.7 Å². The molecule has 2 aliphatic heterocycles. The van der Waals surface area contributed by atoms with Crippen molar-refractivity contribution in [2.75, 3.05) is 19.8 Å². The van der Waals surface area contributed by atoms with E-state index in [1.54, 1.807) is 0 Å². The highest BCUT2D eigenvalue weighted by Crippen LogP contribution is 2.40. The Morgan fingerprint density at radius 2 is 1.19 bits per heavy atom. The molecular weight excluding hydrogens is 336 g/mol. The fourth-order valence-electron chi connectivity index (χ4n) is 5.44. The summed E-state index contributed by atoms with van der Waals surface area (Å²) >= 11 is 0. The Bertz CT molecular complexity index is 472. The Morgan fingerprint density at radius 1 is 0.704 bits per heavy atom. The van der Waals surface area contributed by atoms with Gasteiger partial charge in [-0.15, -0.1) is 0 Å². The molecule has 0 aromatic rings. The lowest BCUT2D eigenvalue weighted by atomic mass is 9.77. The first-order chi connectivity index (χ1) is 13.1. The molecule has 4 aliphatic rings. The quantitative estimate of drug-likeness (QED) is 0.590. The van der Waals surface area contributed by atoms with Crippen LogP contribution in [0, 0.1) is 35.5 Å². The number of ether oxygens (including phenoxy) is 3. The molecule has 0 saturated carbocycles. The molecule has 27 heavy (non-hydrogen) atoms. The summed E-state index contributed by atoms with van der Waals surface area (Å²) in [4.78, 5) is 0. The van der Waals surface area contributed by atoms with Crippen LogP contribution in [0.5, 0.6) is 0 Å². The van der Waals surface area contributed by atoms with Gasteiger partial charge in [0.15, 0.2) is 0 Å². The molecule has 1 spiro atoms. The minimum atomic E-state index is -0.733. The van der Waals surface area contributed by atoms with Gasteiger partial charge in [-0.2, -0.15) is 0 Å². The summed E-state index contributed by atoms with van der Waals surface area (Å²) in [6, 6.07) is 0. The number of hydrogen-bond donors (Lipinski definition) is 0. The van der Waals surface area contributed by atoms with Gasteiger partial charge < -0.3 is 14.2 Å². The fourth-order valence-corrected chi connectivity index (χ4v) is 5.44. The zero-order chi connectivity index (χ0) is 18.7. The van der Waals surface area contributed by atoms with Crippen molar-refractivity contribution in [2.24, 2.45) is 35.5 Å². The monoisotopic (exact) mass is 374 g/mol. The molecule has 4 rings (SSSR count). The van der Waals surface area contributed by atoms with Gasteiger partial charge in [-0.25, -0.2) is 0 Å². The van der Waals surface area contributed by atoms with Gasteiger partial charge in [0.05, 0.1) is 19.8 Å². The van der Waals surface area contributed by atoms with Crippen LogP contribution in [0.4, 0.5) is 0 Å². The van der Waals surface area contributed by atoms with Crippen molar-refractivity contribution >= 4 is 0 Å². The van der Waals surface area contributed by atoms with Gasteiger partial charge in [-0.05, 0) is 74.5 Å². The Hall–Kier alpha value is -0.640. The first-order valence-corrected chi connectivity index (χ1v) is 11.4. The van der Waals surface area contributed by atoms with Crippen LogP contribution in [-0.2, 0) is 14.2 Å². The third kappa shape index (κ3) is 4.86. The Labute approximate surface area is 165 Å². The lowest BCUT2D eigenvalue weighted by Gasteiger charge is -2.45. The Morgan fingerprint density at radius 3 is 1.67 bits per heavy atom. The molecule has 0 radical (unpaired) electrons. The van der Waals surface area contributed by atoms with Crippen molar-refractivity contribution in [3.8, 4) is 0 Å². The van der Waals surface area contributed by atoms with E-state index in [1.165, 1.54) is 44.9 Å². The zero-order valence-corrected chi connectivity index (χ0v) is 17.3. The van der Waals surface area contributed by atoms with Gasteiger partial charge in [-0.3, -0.25) is 0 Å². The molecule has 2 heterocycles. The van der Waals surface area contributed by atoms with Crippen molar-refractivity contribution in [3.63, 3.8) is 0 Å². The lowest BCUT2D eigenvalue weighted by Crippen LogP contribution is -2.50. The van der Waals surface area contributed by atoms with Gasteiger partial charge >= 0.3 is 0 Å². The molecule has 2 saturated heterocycles. The van der Waals surface area contributed by atoms with E-state index in [0.717, 1.165) is 49.9 Å². The number of allylic oxidation sites excluding steroid dienone is 4. The summed E-state index contributed by atoms with van der Waals surface area (Å²) in [5, 5.41) is 0. The third-order valence-electron chi connectivity index (χ3n) is 7.58. The molecule has 5 atom stereocenters. The summed E-state index contributed by atoms with van der Waals surface area (Å²) in [5.74, 6) is 3.65. The predicted octanol–water partition coefficient (Wildman–Crippen LogP) is 5.71. The van der Waals surface area contributed by atoms with E-state index in [9.17, 15) is 0 Å². The van der Waals surface area contributed by atoms with E-state index in [-0.39, 0.29) is 0 Å². The lowest BCUT2D eigenvalue weighted by molar-refractivity contribution is -0.424. The summed E-state index contributed by atoms with van der Waals surface area (Å²) in [6.45, 7) is 7.16. The average Bonchev–Trinajstić information content (AvgIpc) is 2.69. The highest BCUT2D eigenvalue weighted by Gasteiger charge is 2.43. The molecule has 2 fully saturated rings. The first-order valence-electron chi connectivity index (χ1n) is 11.4. The standard InChI is InChI=1S/C24H38O3/c1-18-7-3-5-9-22(18)13-20-11-12-24(25-15-20)26-16-21(17-27-24)14-23-10-6-4-8-19(23)2/h3-6,18-23H,7-17H2,1-2H3. The summed E-state index contributed by atoms with van der Waals surface area (Å²) in [5.41, 5.74) is 0. The number of hydrogen-bond acceptors (Lipinski definition) is 3. The van der Waals surface area contributed by atoms with Crippen molar-refractivity contribution in [3.05, 3.63) is 24.3 Å². The van der Waals surface area contributed by atoms with Crippen LogP contribution in [0.25, 0.3) is 0 Å². The summed E-state index contributed by atoms with van der Waals surface area (Å²) in [6.07, 6.45) is 18.9. The van der Waals surface area contributed by atoms with E-state index in [4.69, 9.17) is 14.2 Å². The smallest absolute Gasteiger partial charge is 0.282 e. The first kappa shape index (κ1) is 19.7. The Balaban J connectivity index is 1.20. The molecule has 0 aromatic carbocycles. The minimum absolute atomic E-state index is 0.519. The summed E-state index contributed by atoms with van der Waals surface area (Å²) in [7, 11) is 0.